The Kier molecular flexibility index (Phi) is 5.18. The number of para-hydroxylation sites is 1. The van der Waals surface area contributed by atoms with Crippen LogP contribution in [0, 0.1) is 5.82 Å². The lowest BCUT2D eigenvalue weighted by Gasteiger charge is -2.29. The van der Waals surface area contributed by atoms with Crippen LogP contribution in [-0.2, 0) is 9.59 Å². The van der Waals surface area contributed by atoms with Gasteiger partial charge in [0.25, 0.3) is 11.8 Å². The summed E-state index contributed by atoms with van der Waals surface area (Å²) >= 11 is 5.06. The minimum atomic E-state index is -0.719. The lowest BCUT2D eigenvalue weighted by Crippen LogP contribution is -2.54. The Bertz CT molecular complexity index is 974. The Labute approximate surface area is 160 Å². The summed E-state index contributed by atoms with van der Waals surface area (Å²) in [6.07, 6.45) is 1.38. The fraction of sp³-hybridized carbons (Fsp3) is 0.105. The first-order valence-corrected chi connectivity index (χ1v) is 8.25. The molecule has 2 amide bonds. The van der Waals surface area contributed by atoms with Crippen LogP contribution in [0.15, 0.2) is 48.0 Å². The molecule has 2 aromatic rings. The molecule has 1 fully saturated rings. The van der Waals surface area contributed by atoms with Crippen molar-refractivity contribution in [2.45, 2.75) is 0 Å². The highest BCUT2D eigenvalue weighted by Crippen LogP contribution is 2.29. The van der Waals surface area contributed by atoms with E-state index in [0.29, 0.717) is 17.1 Å². The van der Waals surface area contributed by atoms with E-state index in [9.17, 15) is 14.0 Å². The Morgan fingerprint density at radius 3 is 2.44 bits per heavy atom. The standard InChI is InChI=1S/C19H15FN2O4S/c1-25-15-8-7-11(10-16(15)26-2)9-12-17(23)21-19(27)22(18(12)24)14-6-4-3-5-13(14)20/h3-10H,1-2H3,(H,21,23,27)/b12-9+. The number of hydrogen-bond donors (Lipinski definition) is 1. The number of carbonyl (C=O) groups excluding carboxylic acids is 2. The Hall–Kier alpha value is -3.26. The number of nitrogens with one attached hydrogen (secondary N) is 1. The van der Waals surface area contributed by atoms with Crippen LogP contribution in [0.2, 0.25) is 0 Å². The summed E-state index contributed by atoms with van der Waals surface area (Å²) in [6, 6.07) is 10.6. The number of carbonyl (C=O) groups is 2. The summed E-state index contributed by atoms with van der Waals surface area (Å²) in [5.41, 5.74) is 0.317. The molecular weight excluding hydrogens is 371 g/mol. The number of methoxy groups -OCH3 is 2. The third-order valence-corrected chi connectivity index (χ3v) is 4.20. The van der Waals surface area contributed by atoms with Crippen molar-refractivity contribution in [2.75, 3.05) is 19.1 Å². The van der Waals surface area contributed by atoms with E-state index in [2.05, 4.69) is 5.32 Å². The lowest BCUT2D eigenvalue weighted by molar-refractivity contribution is -0.122. The highest BCUT2D eigenvalue weighted by Gasteiger charge is 2.35. The average Bonchev–Trinajstić information content (AvgIpc) is 2.66. The van der Waals surface area contributed by atoms with Crippen LogP contribution in [0.1, 0.15) is 5.56 Å². The molecule has 0 radical (unpaired) electrons. The van der Waals surface area contributed by atoms with Crippen molar-refractivity contribution in [3.05, 3.63) is 59.4 Å². The Balaban J connectivity index is 2.03. The third kappa shape index (κ3) is 3.52. The molecule has 0 spiro atoms. The van der Waals surface area contributed by atoms with Gasteiger partial charge in [-0.1, -0.05) is 18.2 Å². The normalized spacial score (nSPS) is 15.7. The zero-order valence-electron chi connectivity index (χ0n) is 14.5. The van der Waals surface area contributed by atoms with Gasteiger partial charge in [0.15, 0.2) is 16.6 Å². The largest absolute Gasteiger partial charge is 0.493 e. The highest BCUT2D eigenvalue weighted by molar-refractivity contribution is 7.80. The van der Waals surface area contributed by atoms with Crippen molar-refractivity contribution < 1.29 is 23.5 Å². The number of ether oxygens (including phenoxy) is 2. The van der Waals surface area contributed by atoms with Crippen molar-refractivity contribution in [2.24, 2.45) is 0 Å². The van der Waals surface area contributed by atoms with Crippen LogP contribution in [0.25, 0.3) is 6.08 Å². The Morgan fingerprint density at radius 2 is 1.78 bits per heavy atom. The second kappa shape index (κ2) is 7.55. The number of anilines is 1. The first-order valence-electron chi connectivity index (χ1n) is 7.84. The third-order valence-electron chi connectivity index (χ3n) is 3.91. The molecule has 0 bridgehead atoms. The van der Waals surface area contributed by atoms with E-state index in [0.717, 1.165) is 4.90 Å². The van der Waals surface area contributed by atoms with E-state index in [1.54, 1.807) is 24.3 Å². The quantitative estimate of drug-likeness (QED) is 0.497. The number of thiocarbonyl (C=S) groups is 1. The van der Waals surface area contributed by atoms with Gasteiger partial charge in [0, 0.05) is 0 Å². The fourth-order valence-electron chi connectivity index (χ4n) is 2.62. The monoisotopic (exact) mass is 386 g/mol. The van der Waals surface area contributed by atoms with Crippen LogP contribution in [0.5, 0.6) is 11.5 Å². The van der Waals surface area contributed by atoms with E-state index in [4.69, 9.17) is 21.7 Å². The summed E-state index contributed by atoms with van der Waals surface area (Å²) in [6.45, 7) is 0. The molecule has 0 unspecified atom stereocenters. The summed E-state index contributed by atoms with van der Waals surface area (Å²) in [7, 11) is 2.98. The van der Waals surface area contributed by atoms with Gasteiger partial charge in [0.1, 0.15) is 11.4 Å². The van der Waals surface area contributed by atoms with Crippen LogP contribution >= 0.6 is 12.2 Å². The topological polar surface area (TPSA) is 67.9 Å². The zero-order chi connectivity index (χ0) is 19.6. The summed E-state index contributed by atoms with van der Waals surface area (Å²) in [4.78, 5) is 26.1. The molecule has 0 saturated carbocycles. The Morgan fingerprint density at radius 1 is 1.07 bits per heavy atom. The average molecular weight is 386 g/mol. The smallest absolute Gasteiger partial charge is 0.270 e. The maximum Gasteiger partial charge on any atom is 0.270 e. The number of halogens is 1. The van der Waals surface area contributed by atoms with Crippen LogP contribution in [0.4, 0.5) is 10.1 Å². The van der Waals surface area contributed by atoms with Crippen LogP contribution in [0.3, 0.4) is 0 Å². The van der Waals surface area contributed by atoms with Crippen molar-refractivity contribution in [3.63, 3.8) is 0 Å². The molecule has 0 aromatic heterocycles. The molecule has 3 rings (SSSR count). The van der Waals surface area contributed by atoms with Gasteiger partial charge < -0.3 is 9.47 Å². The molecule has 1 N–H and O–H groups in total. The van der Waals surface area contributed by atoms with Crippen molar-refractivity contribution in [1.29, 1.82) is 0 Å². The van der Waals surface area contributed by atoms with Crippen molar-refractivity contribution >= 4 is 40.9 Å². The van der Waals surface area contributed by atoms with Gasteiger partial charge in [-0.25, -0.2) is 9.29 Å². The maximum absolute atomic E-state index is 14.1. The minimum absolute atomic E-state index is 0.0364. The highest BCUT2D eigenvalue weighted by atomic mass is 32.1. The molecule has 138 valence electrons. The predicted molar refractivity (Wildman–Crippen MR) is 102 cm³/mol. The van der Waals surface area contributed by atoms with Gasteiger partial charge >= 0.3 is 0 Å². The van der Waals surface area contributed by atoms with Gasteiger partial charge in [-0.15, -0.1) is 0 Å². The van der Waals surface area contributed by atoms with Gasteiger partial charge in [-0.3, -0.25) is 14.9 Å². The van der Waals surface area contributed by atoms with Gasteiger partial charge in [-0.05, 0) is 48.1 Å². The van der Waals surface area contributed by atoms with Crippen molar-refractivity contribution in [3.8, 4) is 11.5 Å². The van der Waals surface area contributed by atoms with Gasteiger partial charge in [0.05, 0.1) is 19.9 Å². The maximum atomic E-state index is 14.1. The number of benzene rings is 2. The van der Waals surface area contributed by atoms with E-state index in [1.165, 1.54) is 38.5 Å². The SMILES string of the molecule is COc1ccc(/C=C2\C(=O)NC(=S)N(c3ccccc3F)C2=O)cc1OC. The summed E-state index contributed by atoms with van der Waals surface area (Å²) in [5.74, 6) is -1.06. The molecule has 1 aliphatic rings. The van der Waals surface area contributed by atoms with Crippen molar-refractivity contribution in [1.82, 2.24) is 5.32 Å². The second-order valence-electron chi connectivity index (χ2n) is 5.52. The molecule has 0 atom stereocenters. The molecule has 6 nitrogen and oxygen atoms in total. The summed E-state index contributed by atoms with van der Waals surface area (Å²) < 4.78 is 24.5. The molecule has 1 aliphatic heterocycles. The molecule has 1 heterocycles. The molecule has 27 heavy (non-hydrogen) atoms. The minimum Gasteiger partial charge on any atom is -0.493 e. The van der Waals surface area contributed by atoms with E-state index < -0.39 is 17.6 Å². The predicted octanol–water partition coefficient (Wildman–Crippen LogP) is 2.67. The number of rotatable bonds is 4. The first-order chi connectivity index (χ1) is 13.0. The van der Waals surface area contributed by atoms with Crippen LogP contribution < -0.4 is 19.7 Å². The van der Waals surface area contributed by atoms with Crippen LogP contribution in [-0.4, -0.2) is 31.1 Å². The van der Waals surface area contributed by atoms with E-state index in [-0.39, 0.29) is 16.4 Å². The molecule has 8 heteroatoms. The number of nitrogens with zero attached hydrogens (tertiary/aromatic N) is 1. The molecule has 2 aromatic carbocycles. The zero-order valence-corrected chi connectivity index (χ0v) is 15.3. The van der Waals surface area contributed by atoms with Gasteiger partial charge in [-0.2, -0.15) is 0 Å². The summed E-state index contributed by atoms with van der Waals surface area (Å²) in [5, 5.41) is 2.23. The lowest BCUT2D eigenvalue weighted by atomic mass is 10.1. The molecular formula is C19H15FN2O4S. The van der Waals surface area contributed by atoms with E-state index in [1.807, 2.05) is 0 Å². The second-order valence-corrected chi connectivity index (χ2v) is 5.91. The number of amides is 2. The fourth-order valence-corrected chi connectivity index (χ4v) is 2.89. The molecule has 0 aliphatic carbocycles. The van der Waals surface area contributed by atoms with Gasteiger partial charge in [0.2, 0.25) is 0 Å². The van der Waals surface area contributed by atoms with E-state index >= 15 is 0 Å². The number of hydrogen-bond acceptors (Lipinski definition) is 5. The first kappa shape index (κ1) is 18.5. The molecule has 1 saturated heterocycles.